The van der Waals surface area contributed by atoms with Crippen LogP contribution in [0.1, 0.15) is 21.7 Å². The normalized spacial score (nSPS) is 13.5. The van der Waals surface area contributed by atoms with E-state index in [0.717, 1.165) is 5.69 Å². The largest absolute Gasteiger partial charge is 0.461 e. The number of nitrogens with zero attached hydrogens (tertiary/aromatic N) is 4. The van der Waals surface area contributed by atoms with E-state index in [4.69, 9.17) is 8.94 Å². The minimum Gasteiger partial charge on any atom is -0.461 e. The molecule has 9 nitrogen and oxygen atoms in total. The summed E-state index contributed by atoms with van der Waals surface area (Å²) in [5, 5.41) is 14.7. The molecule has 1 aliphatic heterocycles. The summed E-state index contributed by atoms with van der Waals surface area (Å²) in [5.41, 5.74) is 1.51. The number of amides is 1. The van der Waals surface area contributed by atoms with Crippen molar-refractivity contribution in [3.05, 3.63) is 63.8 Å². The molecular formula is C16H12N4O5. The molecule has 0 N–H and O–H groups in total. The Labute approximate surface area is 141 Å². The summed E-state index contributed by atoms with van der Waals surface area (Å²) in [4.78, 5) is 28.7. The molecule has 1 aliphatic rings. The molecule has 9 heteroatoms. The molecule has 126 valence electrons. The number of fused-ring (bicyclic) bond motifs is 1. The standard InChI is InChI=1S/C16H12N4O5/c21-16(13-7-15(25-18-13)14-2-1-5-24-14)19-4-3-12-10(9-19)6-11(8-17-12)20(22)23/h1-2,5-8H,3-4,9H2. The predicted molar refractivity (Wildman–Crippen MR) is 83.5 cm³/mol. The van der Waals surface area contributed by atoms with Gasteiger partial charge in [0.15, 0.2) is 11.5 Å². The molecule has 0 unspecified atom stereocenters. The Hall–Kier alpha value is -3.49. The van der Waals surface area contributed by atoms with Crippen LogP contribution in [0, 0.1) is 10.1 Å². The van der Waals surface area contributed by atoms with E-state index in [2.05, 4.69) is 10.1 Å². The molecule has 0 atom stereocenters. The average Bonchev–Trinajstić information content (AvgIpc) is 3.31. The molecule has 25 heavy (non-hydrogen) atoms. The Morgan fingerprint density at radius 3 is 2.96 bits per heavy atom. The average molecular weight is 340 g/mol. The summed E-state index contributed by atoms with van der Waals surface area (Å²) in [7, 11) is 0. The zero-order valence-electron chi connectivity index (χ0n) is 12.9. The van der Waals surface area contributed by atoms with Crippen LogP contribution in [0.15, 0.2) is 45.7 Å². The summed E-state index contributed by atoms with van der Waals surface area (Å²) in [5.74, 6) is 0.539. The van der Waals surface area contributed by atoms with Gasteiger partial charge in [-0.25, -0.2) is 0 Å². The lowest BCUT2D eigenvalue weighted by Crippen LogP contribution is -2.36. The fourth-order valence-electron chi connectivity index (χ4n) is 2.76. The first-order chi connectivity index (χ1) is 12.1. The highest BCUT2D eigenvalue weighted by atomic mass is 16.6. The van der Waals surface area contributed by atoms with Crippen LogP contribution in [-0.4, -0.2) is 32.4 Å². The second-order valence-electron chi connectivity index (χ2n) is 5.59. The number of carbonyl (C=O) groups excluding carboxylic acids is 1. The van der Waals surface area contributed by atoms with Gasteiger partial charge in [-0.2, -0.15) is 0 Å². The molecule has 0 fully saturated rings. The van der Waals surface area contributed by atoms with E-state index in [-0.39, 0.29) is 23.8 Å². The summed E-state index contributed by atoms with van der Waals surface area (Å²) in [6.07, 6.45) is 3.27. The summed E-state index contributed by atoms with van der Waals surface area (Å²) < 4.78 is 10.4. The highest BCUT2D eigenvalue weighted by Gasteiger charge is 2.26. The number of aromatic nitrogens is 2. The molecule has 3 aromatic rings. The Morgan fingerprint density at radius 2 is 2.20 bits per heavy atom. The predicted octanol–water partition coefficient (Wildman–Crippen LogP) is 2.44. The molecule has 0 saturated heterocycles. The van der Waals surface area contributed by atoms with Gasteiger partial charge in [-0.05, 0) is 17.7 Å². The van der Waals surface area contributed by atoms with E-state index >= 15 is 0 Å². The van der Waals surface area contributed by atoms with Crippen molar-refractivity contribution in [1.82, 2.24) is 15.0 Å². The first kappa shape index (κ1) is 15.1. The smallest absolute Gasteiger partial charge is 0.287 e. The van der Waals surface area contributed by atoms with Gasteiger partial charge in [0.25, 0.3) is 11.6 Å². The SMILES string of the molecule is O=C(c1cc(-c2ccco2)on1)N1CCc2ncc([N+](=O)[O-])cc2C1. The van der Waals surface area contributed by atoms with Gasteiger partial charge in [-0.3, -0.25) is 19.9 Å². The number of carbonyl (C=O) groups is 1. The number of hydrogen-bond donors (Lipinski definition) is 0. The molecule has 0 saturated carbocycles. The second kappa shape index (κ2) is 5.86. The summed E-state index contributed by atoms with van der Waals surface area (Å²) in [6, 6.07) is 6.39. The van der Waals surface area contributed by atoms with Crippen molar-refractivity contribution < 1.29 is 18.7 Å². The topological polar surface area (TPSA) is 116 Å². The van der Waals surface area contributed by atoms with Crippen molar-refractivity contribution in [2.24, 2.45) is 0 Å². The lowest BCUT2D eigenvalue weighted by Gasteiger charge is -2.27. The number of furan rings is 1. The molecule has 0 bridgehead atoms. The second-order valence-corrected chi connectivity index (χ2v) is 5.59. The molecule has 0 aromatic carbocycles. The lowest BCUT2D eigenvalue weighted by atomic mass is 10.0. The van der Waals surface area contributed by atoms with E-state index in [0.29, 0.717) is 30.0 Å². The zero-order valence-corrected chi connectivity index (χ0v) is 12.9. The van der Waals surface area contributed by atoms with Crippen LogP contribution in [0.3, 0.4) is 0 Å². The summed E-state index contributed by atoms with van der Waals surface area (Å²) in [6.45, 7) is 0.700. The van der Waals surface area contributed by atoms with Gasteiger partial charge in [-0.15, -0.1) is 0 Å². The van der Waals surface area contributed by atoms with Crippen molar-refractivity contribution >= 4 is 11.6 Å². The Bertz CT molecular complexity index is 947. The molecule has 0 radical (unpaired) electrons. The van der Waals surface area contributed by atoms with Crippen molar-refractivity contribution in [2.75, 3.05) is 6.54 Å². The first-order valence-corrected chi connectivity index (χ1v) is 7.54. The lowest BCUT2D eigenvalue weighted by molar-refractivity contribution is -0.385. The Balaban J connectivity index is 1.56. The third kappa shape index (κ3) is 2.75. The van der Waals surface area contributed by atoms with Crippen LogP contribution >= 0.6 is 0 Å². The van der Waals surface area contributed by atoms with Gasteiger partial charge in [0.2, 0.25) is 5.76 Å². The highest BCUT2D eigenvalue weighted by Crippen LogP contribution is 2.25. The van der Waals surface area contributed by atoms with Crippen LogP contribution in [-0.2, 0) is 13.0 Å². The van der Waals surface area contributed by atoms with E-state index in [1.807, 2.05) is 0 Å². The highest BCUT2D eigenvalue weighted by molar-refractivity contribution is 5.93. The molecular weight excluding hydrogens is 328 g/mol. The van der Waals surface area contributed by atoms with E-state index in [9.17, 15) is 14.9 Å². The maximum absolute atomic E-state index is 12.6. The van der Waals surface area contributed by atoms with Crippen LogP contribution in [0.4, 0.5) is 5.69 Å². The van der Waals surface area contributed by atoms with Crippen molar-refractivity contribution in [3.8, 4) is 11.5 Å². The van der Waals surface area contributed by atoms with Gasteiger partial charge < -0.3 is 13.8 Å². The molecule has 0 aliphatic carbocycles. The third-order valence-corrected chi connectivity index (χ3v) is 4.02. The van der Waals surface area contributed by atoms with Crippen LogP contribution in [0.25, 0.3) is 11.5 Å². The molecule has 1 amide bonds. The molecule has 3 aromatic heterocycles. The molecule has 4 rings (SSSR count). The van der Waals surface area contributed by atoms with Gasteiger partial charge >= 0.3 is 0 Å². The maximum atomic E-state index is 12.6. The first-order valence-electron chi connectivity index (χ1n) is 7.54. The minimum atomic E-state index is -0.499. The fraction of sp³-hybridized carbons (Fsp3) is 0.188. The van der Waals surface area contributed by atoms with E-state index in [1.54, 1.807) is 17.0 Å². The number of rotatable bonds is 3. The van der Waals surface area contributed by atoms with Gasteiger partial charge in [0.05, 0.1) is 11.2 Å². The van der Waals surface area contributed by atoms with Crippen molar-refractivity contribution in [3.63, 3.8) is 0 Å². The van der Waals surface area contributed by atoms with Crippen LogP contribution in [0.2, 0.25) is 0 Å². The number of nitro groups is 1. The van der Waals surface area contributed by atoms with Crippen LogP contribution < -0.4 is 0 Å². The van der Waals surface area contributed by atoms with Gasteiger partial charge in [0, 0.05) is 37.3 Å². The fourth-order valence-corrected chi connectivity index (χ4v) is 2.76. The zero-order chi connectivity index (χ0) is 17.4. The van der Waals surface area contributed by atoms with Crippen molar-refractivity contribution in [2.45, 2.75) is 13.0 Å². The van der Waals surface area contributed by atoms with Crippen molar-refractivity contribution in [1.29, 1.82) is 0 Å². The number of hydrogen-bond acceptors (Lipinski definition) is 7. The molecule has 0 spiro atoms. The van der Waals surface area contributed by atoms with E-state index < -0.39 is 4.92 Å². The quantitative estimate of drug-likeness (QED) is 0.531. The third-order valence-electron chi connectivity index (χ3n) is 4.02. The monoisotopic (exact) mass is 340 g/mol. The Kier molecular flexibility index (Phi) is 3.53. The minimum absolute atomic E-state index is 0.0883. The van der Waals surface area contributed by atoms with Gasteiger partial charge in [-0.1, -0.05) is 5.16 Å². The summed E-state index contributed by atoms with van der Waals surface area (Å²) >= 11 is 0. The molecule has 4 heterocycles. The number of pyridine rings is 1. The van der Waals surface area contributed by atoms with E-state index in [1.165, 1.54) is 24.6 Å². The Morgan fingerprint density at radius 1 is 1.32 bits per heavy atom. The van der Waals surface area contributed by atoms with Gasteiger partial charge in [0.1, 0.15) is 6.20 Å². The maximum Gasteiger partial charge on any atom is 0.287 e. The van der Waals surface area contributed by atoms with Crippen LogP contribution in [0.5, 0.6) is 0 Å².